The smallest absolute Gasteiger partial charge is 0.203 e. The van der Waals surface area contributed by atoms with E-state index in [1.807, 2.05) is 13.0 Å². The molecule has 2 aliphatic carbocycles. The number of hydrogen-bond donors (Lipinski definition) is 0. The molecule has 51 heavy (non-hydrogen) atoms. The number of aryl methyl sites for hydroxylation is 1. The maximum absolute atomic E-state index is 12.7. The number of halogens is 16. The molecule has 0 aromatic heterocycles. The lowest BCUT2D eigenvalue weighted by Gasteiger charge is -2.29. The summed E-state index contributed by atoms with van der Waals surface area (Å²) < 4.78 is 191. The van der Waals surface area contributed by atoms with Crippen molar-refractivity contribution in [1.29, 1.82) is 0 Å². The molecule has 16 heteroatoms. The Hall–Kier alpha value is -2.68. The molecule has 296 valence electrons. The van der Waals surface area contributed by atoms with Crippen LogP contribution in [0, 0.1) is 53.9 Å². The second-order valence-electron chi connectivity index (χ2n) is 12.5. The van der Waals surface area contributed by atoms with Crippen LogP contribution in [0.1, 0.15) is 102 Å². The number of benzene rings is 2. The first-order valence-corrected chi connectivity index (χ1v) is 16.3. The van der Waals surface area contributed by atoms with E-state index in [9.17, 15) is 70.2 Å². The SMILES string of the molecule is CC(F)(F)F.CC1CCC(C(F)(F)F)CC1.CCC1CCC(C(F)(F)F)CC1.CCc1ccccc1.Cc1c(F)c(F)c(C(F)(F)F)c(F)c1F. The zero-order valence-electron chi connectivity index (χ0n) is 28.8. The van der Waals surface area contributed by atoms with E-state index in [0.717, 1.165) is 38.5 Å². The van der Waals surface area contributed by atoms with E-state index in [2.05, 4.69) is 38.1 Å². The van der Waals surface area contributed by atoms with Gasteiger partial charge in [-0.2, -0.15) is 52.7 Å². The fourth-order valence-electron chi connectivity index (χ4n) is 5.19. The fraction of sp³-hybridized carbons (Fsp3) is 0.657. The fourth-order valence-corrected chi connectivity index (χ4v) is 5.19. The van der Waals surface area contributed by atoms with Crippen LogP contribution in [0.15, 0.2) is 30.3 Å². The Balaban J connectivity index is 0.000000636. The van der Waals surface area contributed by atoms with Crippen LogP contribution in [0.3, 0.4) is 0 Å². The van der Waals surface area contributed by atoms with Crippen LogP contribution >= 0.6 is 0 Å². The van der Waals surface area contributed by atoms with E-state index >= 15 is 0 Å². The second kappa shape index (κ2) is 21.1. The third-order valence-corrected chi connectivity index (χ3v) is 8.38. The summed E-state index contributed by atoms with van der Waals surface area (Å²) in [5.41, 5.74) is -2.27. The maximum atomic E-state index is 12.7. The van der Waals surface area contributed by atoms with Gasteiger partial charge in [0.2, 0.25) is 0 Å². The van der Waals surface area contributed by atoms with Gasteiger partial charge in [0.05, 0.1) is 11.8 Å². The van der Waals surface area contributed by atoms with Gasteiger partial charge in [-0.3, -0.25) is 0 Å². The zero-order valence-corrected chi connectivity index (χ0v) is 28.8. The van der Waals surface area contributed by atoms with E-state index in [1.54, 1.807) is 0 Å². The van der Waals surface area contributed by atoms with Gasteiger partial charge in [0.15, 0.2) is 23.3 Å². The van der Waals surface area contributed by atoms with Crippen molar-refractivity contribution in [3.63, 3.8) is 0 Å². The van der Waals surface area contributed by atoms with E-state index in [1.165, 1.54) is 5.56 Å². The maximum Gasteiger partial charge on any atom is 0.422 e. The summed E-state index contributed by atoms with van der Waals surface area (Å²) >= 11 is 0. The molecular formula is C35H44F16. The summed E-state index contributed by atoms with van der Waals surface area (Å²) in [5.74, 6) is -9.93. The van der Waals surface area contributed by atoms with Crippen molar-refractivity contribution in [2.45, 2.75) is 124 Å². The van der Waals surface area contributed by atoms with Crippen LogP contribution < -0.4 is 0 Å². The summed E-state index contributed by atoms with van der Waals surface area (Å²) in [6.45, 7) is 7.06. The summed E-state index contributed by atoms with van der Waals surface area (Å²) in [6, 6.07) is 10.5. The monoisotopic (exact) mass is 768 g/mol. The second-order valence-corrected chi connectivity index (χ2v) is 12.5. The van der Waals surface area contributed by atoms with Gasteiger partial charge in [0, 0.05) is 12.5 Å². The minimum Gasteiger partial charge on any atom is -0.203 e. The van der Waals surface area contributed by atoms with Gasteiger partial charge < -0.3 is 0 Å². The summed E-state index contributed by atoms with van der Waals surface area (Å²) in [6.07, 6.45) is -10.8. The molecule has 0 spiro atoms. The highest BCUT2D eigenvalue weighted by molar-refractivity contribution is 5.30. The van der Waals surface area contributed by atoms with Crippen molar-refractivity contribution < 1.29 is 70.2 Å². The number of rotatable bonds is 2. The Morgan fingerprint density at radius 2 is 0.922 bits per heavy atom. The lowest BCUT2D eigenvalue weighted by molar-refractivity contribution is -0.184. The van der Waals surface area contributed by atoms with E-state index < -0.39 is 70.9 Å². The van der Waals surface area contributed by atoms with Crippen molar-refractivity contribution in [3.05, 3.63) is 70.3 Å². The van der Waals surface area contributed by atoms with Crippen molar-refractivity contribution in [3.8, 4) is 0 Å². The van der Waals surface area contributed by atoms with Gasteiger partial charge in [0.1, 0.15) is 5.56 Å². The minimum atomic E-state index is -5.48. The Kier molecular flexibility index (Phi) is 20.0. The highest BCUT2D eigenvalue weighted by Gasteiger charge is 2.43. The molecule has 0 radical (unpaired) electrons. The van der Waals surface area contributed by atoms with Crippen molar-refractivity contribution in [2.75, 3.05) is 0 Å². The van der Waals surface area contributed by atoms with Gasteiger partial charge in [-0.25, -0.2) is 17.6 Å². The third kappa shape index (κ3) is 19.1. The van der Waals surface area contributed by atoms with Gasteiger partial charge in [-0.1, -0.05) is 70.4 Å². The Morgan fingerprint density at radius 1 is 0.569 bits per heavy atom. The van der Waals surface area contributed by atoms with Crippen molar-refractivity contribution >= 4 is 0 Å². The topological polar surface area (TPSA) is 0 Å². The van der Waals surface area contributed by atoms with Crippen molar-refractivity contribution in [1.82, 2.24) is 0 Å². The Morgan fingerprint density at radius 3 is 1.20 bits per heavy atom. The molecule has 0 amide bonds. The van der Waals surface area contributed by atoms with E-state index in [0.29, 0.717) is 44.4 Å². The molecule has 0 saturated heterocycles. The Labute approximate surface area is 288 Å². The molecular weight excluding hydrogens is 724 g/mol. The molecule has 2 saturated carbocycles. The van der Waals surface area contributed by atoms with Crippen LogP contribution in [-0.2, 0) is 12.6 Å². The lowest BCUT2D eigenvalue weighted by atomic mass is 9.80. The first-order valence-electron chi connectivity index (χ1n) is 16.3. The van der Waals surface area contributed by atoms with Gasteiger partial charge >= 0.3 is 24.7 Å². The molecule has 0 unspecified atom stereocenters. The third-order valence-electron chi connectivity index (χ3n) is 8.38. The first kappa shape index (κ1) is 48.3. The Bertz CT molecular complexity index is 1210. The van der Waals surface area contributed by atoms with Crippen molar-refractivity contribution in [2.24, 2.45) is 23.7 Å². The summed E-state index contributed by atoms with van der Waals surface area (Å²) in [5, 5.41) is 0. The van der Waals surface area contributed by atoms with Gasteiger partial charge in [-0.15, -0.1) is 0 Å². The standard InChI is InChI=1S/C9H15F3.C8H3F7.C8H13F3.C8H10.C2H3F3/c1-2-7-3-5-8(6-4-7)9(10,11)12;1-2-4(9)6(11)3(8(13,14)15)7(12)5(2)10;1-6-2-4-7(5-3-6)8(9,10)11;1-2-8-6-4-3-5-7-8;1-2(3,4)5/h7-8H,2-6H2,1H3;1H3;6-7H,2-5H2,1H3;3-7H,2H2,1H3;1H3. The zero-order chi connectivity index (χ0) is 40.0. The van der Waals surface area contributed by atoms with E-state index in [4.69, 9.17) is 0 Å². The molecule has 0 N–H and O–H groups in total. The predicted molar refractivity (Wildman–Crippen MR) is 163 cm³/mol. The number of alkyl halides is 12. The summed E-state index contributed by atoms with van der Waals surface area (Å²) in [4.78, 5) is 0. The quantitative estimate of drug-likeness (QED) is 0.211. The highest BCUT2D eigenvalue weighted by Crippen LogP contribution is 2.41. The van der Waals surface area contributed by atoms with Crippen LogP contribution in [0.4, 0.5) is 70.2 Å². The predicted octanol–water partition coefficient (Wildman–Crippen LogP) is 14.5. The van der Waals surface area contributed by atoms with Crippen LogP contribution in [0.25, 0.3) is 0 Å². The van der Waals surface area contributed by atoms with Crippen LogP contribution in [0.5, 0.6) is 0 Å². The molecule has 0 atom stereocenters. The molecule has 2 fully saturated rings. The molecule has 4 rings (SSSR count). The van der Waals surface area contributed by atoms with Gasteiger partial charge in [-0.05, 0) is 69.3 Å². The molecule has 0 nitrogen and oxygen atoms in total. The molecule has 0 bridgehead atoms. The number of hydrogen-bond acceptors (Lipinski definition) is 0. The average Bonchev–Trinajstić information content (AvgIpc) is 3.02. The first-order chi connectivity index (χ1) is 23.1. The summed E-state index contributed by atoms with van der Waals surface area (Å²) in [7, 11) is 0. The normalized spacial score (nSPS) is 21.0. The molecule has 0 aliphatic heterocycles. The van der Waals surface area contributed by atoms with Crippen LogP contribution in [-0.4, -0.2) is 18.5 Å². The molecule has 2 aromatic rings. The minimum absolute atomic E-state index is 0.188. The molecule has 0 heterocycles. The van der Waals surface area contributed by atoms with Gasteiger partial charge in [0.25, 0.3) is 0 Å². The largest absolute Gasteiger partial charge is 0.422 e. The van der Waals surface area contributed by atoms with Crippen LogP contribution in [0.2, 0.25) is 0 Å². The lowest BCUT2D eigenvalue weighted by Crippen LogP contribution is -2.27. The molecule has 2 aliphatic rings. The highest BCUT2D eigenvalue weighted by atomic mass is 19.4. The van der Waals surface area contributed by atoms with E-state index in [-0.39, 0.29) is 6.92 Å². The molecule has 2 aromatic carbocycles. The average molecular weight is 769 g/mol.